The van der Waals surface area contributed by atoms with E-state index in [4.69, 9.17) is 23.2 Å². The van der Waals surface area contributed by atoms with E-state index in [9.17, 15) is 4.79 Å². The molecule has 1 aliphatic rings. The highest BCUT2D eigenvalue weighted by Gasteiger charge is 2.40. The Morgan fingerprint density at radius 3 is 2.56 bits per heavy atom. The van der Waals surface area contributed by atoms with Crippen molar-refractivity contribution in [2.45, 2.75) is 24.9 Å². The highest BCUT2D eigenvalue weighted by Crippen LogP contribution is 2.31. The Balaban J connectivity index is 1.84. The van der Waals surface area contributed by atoms with Crippen LogP contribution in [-0.4, -0.2) is 31.1 Å². The summed E-state index contributed by atoms with van der Waals surface area (Å²) in [5, 5.41) is 11.0. The maximum Gasteiger partial charge on any atom is 0.242 e. The summed E-state index contributed by atoms with van der Waals surface area (Å²) in [5.41, 5.74) is 1.74. The van der Waals surface area contributed by atoms with Gasteiger partial charge in [0.15, 0.2) is 0 Å². The van der Waals surface area contributed by atoms with E-state index in [-0.39, 0.29) is 23.9 Å². The number of halogens is 2. The Hall–Kier alpha value is -1.59. The van der Waals surface area contributed by atoms with Gasteiger partial charge < -0.3 is 16.0 Å². The first-order valence-corrected chi connectivity index (χ1v) is 9.12. The van der Waals surface area contributed by atoms with Crippen LogP contribution in [0.15, 0.2) is 48.5 Å². The molecule has 0 aromatic heterocycles. The monoisotopic (exact) mass is 377 g/mol. The van der Waals surface area contributed by atoms with Gasteiger partial charge in [-0.25, -0.2) is 0 Å². The average Bonchev–Trinajstić information content (AvgIpc) is 2.99. The number of nitrogens with one attached hydrogen (secondary N) is 3. The predicted octanol–water partition coefficient (Wildman–Crippen LogP) is 3.67. The van der Waals surface area contributed by atoms with Crippen LogP contribution in [0.2, 0.25) is 10.0 Å². The lowest BCUT2D eigenvalue weighted by molar-refractivity contribution is -0.118. The Kier molecular flexibility index (Phi) is 5.97. The van der Waals surface area contributed by atoms with Gasteiger partial charge >= 0.3 is 0 Å². The molecule has 132 valence electrons. The largest absolute Gasteiger partial charge is 0.325 e. The number of benzene rings is 2. The van der Waals surface area contributed by atoms with Crippen molar-refractivity contribution in [1.82, 2.24) is 10.6 Å². The molecule has 0 spiro atoms. The number of amides is 1. The number of hydrogen-bond acceptors (Lipinski definition) is 3. The Bertz CT molecular complexity index is 753. The molecule has 6 heteroatoms. The Morgan fingerprint density at radius 2 is 1.88 bits per heavy atom. The number of rotatable bonds is 5. The molecule has 3 unspecified atom stereocenters. The summed E-state index contributed by atoms with van der Waals surface area (Å²) in [5.74, 6) is -0.0783. The van der Waals surface area contributed by atoms with E-state index in [0.717, 1.165) is 18.7 Å². The summed E-state index contributed by atoms with van der Waals surface area (Å²) in [6.45, 7) is 3.62. The Labute approximate surface area is 157 Å². The van der Waals surface area contributed by atoms with E-state index in [1.807, 2.05) is 36.4 Å². The van der Waals surface area contributed by atoms with Gasteiger partial charge in [-0.15, -0.1) is 0 Å². The average molecular weight is 378 g/mol. The zero-order chi connectivity index (χ0) is 17.8. The zero-order valence-electron chi connectivity index (χ0n) is 13.9. The fraction of sp³-hybridized carbons (Fsp3) is 0.316. The third-order valence-corrected chi connectivity index (χ3v) is 4.89. The third-order valence-electron chi connectivity index (χ3n) is 4.42. The van der Waals surface area contributed by atoms with Crippen molar-refractivity contribution in [1.29, 1.82) is 0 Å². The fourth-order valence-corrected chi connectivity index (χ4v) is 3.77. The van der Waals surface area contributed by atoms with Gasteiger partial charge in [-0.05, 0) is 42.4 Å². The van der Waals surface area contributed by atoms with E-state index >= 15 is 0 Å². The zero-order valence-corrected chi connectivity index (χ0v) is 15.4. The molecule has 2 aromatic rings. The van der Waals surface area contributed by atoms with Crippen LogP contribution in [0.5, 0.6) is 0 Å². The van der Waals surface area contributed by atoms with Gasteiger partial charge in [0.1, 0.15) is 0 Å². The standard InChI is InChI=1S/C19H21Cl2N3O/c1-2-22-16-11-23-18(17(16)12-5-3-6-13(20)9-12)19(25)24-15-8-4-7-14(21)10-15/h3-10,16-18,22-23H,2,11H2,1H3,(H,24,25). The molecule has 1 aliphatic heterocycles. The molecule has 0 radical (unpaired) electrons. The SMILES string of the molecule is CCNC1CNC(C(=O)Nc2cccc(Cl)c2)C1c1cccc(Cl)c1. The number of carbonyl (C=O) groups is 1. The van der Waals surface area contributed by atoms with Crippen molar-refractivity contribution in [3.05, 3.63) is 64.1 Å². The number of hydrogen-bond donors (Lipinski definition) is 3. The van der Waals surface area contributed by atoms with E-state index in [1.165, 1.54) is 0 Å². The van der Waals surface area contributed by atoms with E-state index in [0.29, 0.717) is 15.7 Å². The third kappa shape index (κ3) is 4.33. The summed E-state index contributed by atoms with van der Waals surface area (Å²) in [4.78, 5) is 12.9. The van der Waals surface area contributed by atoms with Crippen molar-refractivity contribution < 1.29 is 4.79 Å². The van der Waals surface area contributed by atoms with Crippen molar-refractivity contribution in [2.24, 2.45) is 0 Å². The first-order valence-electron chi connectivity index (χ1n) is 8.37. The quantitative estimate of drug-likeness (QED) is 0.744. The summed E-state index contributed by atoms with van der Waals surface area (Å²) < 4.78 is 0. The molecule has 0 aliphatic carbocycles. The van der Waals surface area contributed by atoms with Gasteiger partial charge in [0.05, 0.1) is 6.04 Å². The van der Waals surface area contributed by atoms with Gasteiger partial charge in [0.25, 0.3) is 0 Å². The van der Waals surface area contributed by atoms with Gasteiger partial charge in [0, 0.05) is 34.2 Å². The number of carbonyl (C=O) groups excluding carboxylic acids is 1. The second-order valence-corrected chi connectivity index (χ2v) is 7.00. The molecule has 2 aromatic carbocycles. The topological polar surface area (TPSA) is 53.2 Å². The lowest BCUT2D eigenvalue weighted by Gasteiger charge is -2.25. The first kappa shape index (κ1) is 18.2. The van der Waals surface area contributed by atoms with Crippen molar-refractivity contribution in [3.63, 3.8) is 0 Å². The van der Waals surface area contributed by atoms with Crippen molar-refractivity contribution in [2.75, 3.05) is 18.4 Å². The summed E-state index contributed by atoms with van der Waals surface area (Å²) >= 11 is 12.2. The lowest BCUT2D eigenvalue weighted by atomic mass is 9.88. The van der Waals surface area contributed by atoms with Crippen molar-refractivity contribution in [3.8, 4) is 0 Å². The number of anilines is 1. The second kappa shape index (κ2) is 8.19. The van der Waals surface area contributed by atoms with Gasteiger partial charge in [0.2, 0.25) is 5.91 Å². The fourth-order valence-electron chi connectivity index (χ4n) is 3.38. The Morgan fingerprint density at radius 1 is 1.16 bits per heavy atom. The molecular weight excluding hydrogens is 357 g/mol. The molecule has 3 atom stereocenters. The predicted molar refractivity (Wildman–Crippen MR) is 104 cm³/mol. The molecule has 1 fully saturated rings. The van der Waals surface area contributed by atoms with Crippen LogP contribution in [-0.2, 0) is 4.79 Å². The summed E-state index contributed by atoms with van der Waals surface area (Å²) in [7, 11) is 0. The smallest absolute Gasteiger partial charge is 0.242 e. The molecule has 3 N–H and O–H groups in total. The molecule has 4 nitrogen and oxygen atoms in total. The highest BCUT2D eigenvalue weighted by atomic mass is 35.5. The minimum absolute atomic E-state index is 0.00201. The van der Waals surface area contributed by atoms with E-state index in [1.54, 1.807) is 12.1 Å². The van der Waals surface area contributed by atoms with Crippen LogP contribution in [0.3, 0.4) is 0 Å². The molecule has 0 saturated carbocycles. The van der Waals surface area contributed by atoms with Gasteiger partial charge in [-0.1, -0.05) is 48.3 Å². The minimum atomic E-state index is -0.346. The van der Waals surface area contributed by atoms with Crippen molar-refractivity contribution >= 4 is 34.8 Å². The van der Waals surface area contributed by atoms with Crippen LogP contribution in [0, 0.1) is 0 Å². The van der Waals surface area contributed by atoms with E-state index in [2.05, 4.69) is 22.9 Å². The first-order chi connectivity index (χ1) is 12.1. The second-order valence-electron chi connectivity index (χ2n) is 6.13. The normalized spacial score (nSPS) is 22.8. The molecule has 1 heterocycles. The molecular formula is C19H21Cl2N3O. The molecule has 1 saturated heterocycles. The minimum Gasteiger partial charge on any atom is -0.325 e. The molecule has 1 amide bonds. The molecule has 0 bridgehead atoms. The molecule has 25 heavy (non-hydrogen) atoms. The van der Waals surface area contributed by atoms with Crippen LogP contribution < -0.4 is 16.0 Å². The van der Waals surface area contributed by atoms with Gasteiger partial charge in [-0.2, -0.15) is 0 Å². The van der Waals surface area contributed by atoms with Crippen LogP contribution in [0.25, 0.3) is 0 Å². The van der Waals surface area contributed by atoms with Crippen LogP contribution >= 0.6 is 23.2 Å². The highest BCUT2D eigenvalue weighted by molar-refractivity contribution is 6.31. The summed E-state index contributed by atoms with van der Waals surface area (Å²) in [6.07, 6.45) is 0. The molecule has 3 rings (SSSR count). The lowest BCUT2D eigenvalue weighted by Crippen LogP contribution is -2.41. The maximum absolute atomic E-state index is 12.9. The van der Waals surface area contributed by atoms with Crippen LogP contribution in [0.4, 0.5) is 5.69 Å². The van der Waals surface area contributed by atoms with E-state index < -0.39 is 0 Å². The van der Waals surface area contributed by atoms with Crippen LogP contribution in [0.1, 0.15) is 18.4 Å². The van der Waals surface area contributed by atoms with Gasteiger partial charge in [-0.3, -0.25) is 4.79 Å². The summed E-state index contributed by atoms with van der Waals surface area (Å²) in [6, 6.07) is 14.7. The number of likely N-dealkylation sites (N-methyl/N-ethyl adjacent to an activating group) is 1. The maximum atomic E-state index is 12.9.